The minimum atomic E-state index is -1.69. The van der Waals surface area contributed by atoms with Gasteiger partial charge >= 0.3 is 0 Å². The van der Waals surface area contributed by atoms with Crippen molar-refractivity contribution in [3.05, 3.63) is 0 Å². The first-order valence-corrected chi connectivity index (χ1v) is 47.1. The smallest absolute Gasteiger partial charge is 0.244 e. The molecule has 0 aromatic heterocycles. The van der Waals surface area contributed by atoms with E-state index in [-0.39, 0.29) is 198 Å². The summed E-state index contributed by atoms with van der Waals surface area (Å²) in [6.07, 6.45) is 0.837. The van der Waals surface area contributed by atoms with E-state index >= 15 is 19.2 Å². The summed E-state index contributed by atoms with van der Waals surface area (Å²) >= 11 is 1.17. The van der Waals surface area contributed by atoms with Gasteiger partial charge in [0.15, 0.2) is 53.6 Å². The second-order valence-electron chi connectivity index (χ2n) is 33.2. The second kappa shape index (κ2) is 69.1. The van der Waals surface area contributed by atoms with Crippen LogP contribution < -0.4 is 190 Å². The van der Waals surface area contributed by atoms with Crippen LogP contribution in [-0.2, 0) is 76.7 Å². The number of nitrogens with one attached hydrogen (secondary N) is 34. The predicted octanol–water partition coefficient (Wildman–Crippen LogP) is -14.4. The zero-order chi connectivity index (χ0) is 106. The number of amides is 16. The van der Waals surface area contributed by atoms with E-state index in [1.165, 1.54) is 25.6 Å². The zero-order valence-corrected chi connectivity index (χ0v) is 80.7. The first kappa shape index (κ1) is 123. The Morgan fingerprint density at radius 2 is 0.500 bits per heavy atom. The lowest BCUT2D eigenvalue weighted by Crippen LogP contribution is -2.61. The molecule has 0 aromatic rings. The summed E-state index contributed by atoms with van der Waals surface area (Å²) in [4.78, 5) is 226. The van der Waals surface area contributed by atoms with Gasteiger partial charge in [-0.1, -0.05) is 13.8 Å². The molecule has 0 radical (unpaired) electrons. The Balaban J connectivity index is 4.00. The van der Waals surface area contributed by atoms with Gasteiger partial charge in [0.05, 0.1) is 19.1 Å². The molecule has 140 heavy (non-hydrogen) atoms. The van der Waals surface area contributed by atoms with E-state index < -0.39 is 240 Å². The average Bonchev–Trinajstić information content (AvgIpc) is 0.930. The number of guanidine groups is 9. The zero-order valence-electron chi connectivity index (χ0n) is 79.9. The third-order valence-electron chi connectivity index (χ3n) is 20.7. The molecule has 1 heterocycles. The van der Waals surface area contributed by atoms with Crippen molar-refractivity contribution in [2.75, 3.05) is 90.5 Å². The third kappa shape index (κ3) is 56.7. The average molecular weight is 2010 g/mol. The van der Waals surface area contributed by atoms with Crippen LogP contribution in [0.2, 0.25) is 0 Å². The van der Waals surface area contributed by atoms with E-state index in [1.54, 1.807) is 6.26 Å². The molecule has 14 atom stereocenters. The first-order valence-electron chi connectivity index (χ1n) is 45.7. The molecule has 16 amide bonds. The number of carbonyl (C=O) groups is 16. The first-order chi connectivity index (χ1) is 66.0. The highest BCUT2D eigenvalue weighted by Gasteiger charge is 2.38. The second-order valence-corrected chi connectivity index (χ2v) is 34.1. The van der Waals surface area contributed by atoms with Crippen molar-refractivity contribution in [1.82, 2.24) is 133 Å². The predicted molar refractivity (Wildman–Crippen MR) is 523 cm³/mol. The van der Waals surface area contributed by atoms with Crippen molar-refractivity contribution in [1.29, 1.82) is 48.7 Å². The van der Waals surface area contributed by atoms with Crippen LogP contribution in [0.1, 0.15) is 163 Å². The van der Waals surface area contributed by atoms with E-state index in [0.29, 0.717) is 13.0 Å². The molecule has 60 nitrogen and oxygen atoms in total. The molecule has 61 heteroatoms. The van der Waals surface area contributed by atoms with Crippen LogP contribution in [0.5, 0.6) is 0 Å². The monoisotopic (exact) mass is 2010 g/mol. The number of thioether (sulfide) groups is 1. The number of hydrogen-bond acceptors (Lipinski definition) is 27. The molecule has 1 aliphatic heterocycles. The van der Waals surface area contributed by atoms with Gasteiger partial charge in [-0.3, -0.25) is 125 Å². The van der Waals surface area contributed by atoms with Crippen LogP contribution in [0.25, 0.3) is 0 Å². The lowest BCUT2D eigenvalue weighted by Gasteiger charge is -2.29. The summed E-state index contributed by atoms with van der Waals surface area (Å²) < 4.78 is 0. The Morgan fingerprint density at radius 1 is 0.279 bits per heavy atom. The molecular formula is C79H152N44O16S. The Kier molecular flexibility index (Phi) is 60.9. The maximum atomic E-state index is 15.1. The van der Waals surface area contributed by atoms with Crippen LogP contribution >= 0.6 is 11.8 Å². The fraction of sp³-hybridized carbons (Fsp3) is 0.684. The third-order valence-corrected chi connectivity index (χ3v) is 21.3. The van der Waals surface area contributed by atoms with Crippen molar-refractivity contribution in [3.8, 4) is 0 Å². The number of carbonyl (C=O) groups excluding carboxylic acids is 16. The SMILES string of the molecule is CSCC(NC(=O)CNC(=O)[C@H](CC(C)C)NC(=O)[C@@H]1CCCN1)C(=O)N[C@@H](C)C(=O)NCC(=O)N[C@H](CCCNC(=N)N)C(=O)N[C@H](CCCNC(=N)N)C(=O)N[C@H](CCCNC(=N)N)C(=O)N[C@H](CCCNC(=N)N)C(=O)N[C@H](CCCNC(=N)N)C(=O)N[C@H](CCCNC(=N)N)C(=O)N[C@H](CCCNC(=N)N)C(=O)N[C@H](CCCNC(=N)N)C(=O)N[C@H](CCCNC(=N)N)C(=O)N[C@H](C)C(N)=O. The van der Waals surface area contributed by atoms with Gasteiger partial charge in [-0.2, -0.15) is 11.8 Å². The topological polar surface area (TPSA) is 1050 Å². The minimum absolute atomic E-state index is 0.00240. The maximum absolute atomic E-state index is 15.1. The minimum Gasteiger partial charge on any atom is -0.370 e. The van der Waals surface area contributed by atoms with E-state index in [4.69, 9.17) is 106 Å². The highest BCUT2D eigenvalue weighted by molar-refractivity contribution is 7.98. The standard InChI is InChI=1S/C79H152N44O16S/c1-40(2)36-53(123-60(129)43-16-6-26-99-43)59(128)110-38-56(125)114-54(39-140-5)70(139)112-42(4)58(127)109-37-55(124)113-44(17-7-27-100-71(81)82)62(131)116-46(19-9-29-102-73(85)86)64(133)118-48(21-11-31-104-75(89)90)66(135)120-50(23-13-33-106-77(93)94)68(137)122-52(25-15-35-108-79(97)98)69(138)121-51(24-14-34-107-78(95)96)67(136)119-49(22-12-32-105-76(91)92)65(134)117-47(20-10-30-103-74(87)88)63(132)115-45(18-8-28-101-72(83)84)61(130)111-41(3)57(80)126/h40-54,99H,6-39H2,1-5H3,(H2,80,126)(H,109,127)(H,110,128)(H,111,130)(H,112,139)(H,113,124)(H,114,125)(H,115,132)(H,116,131)(H,117,134)(H,118,133)(H,119,136)(H,120,135)(H,121,138)(H,122,137)(H,123,129)(H4,81,82,100)(H4,83,84,101)(H4,85,86,102)(H4,87,88,103)(H4,89,90,104)(H4,91,92,105)(H4,93,94,106)(H4,95,96,107)(H4,97,98,108)/t41-,42+,43+,44-,45-,46-,47-,48-,49-,50-,51-,52-,53+,54?/m1/s1. The van der Waals surface area contributed by atoms with Crippen molar-refractivity contribution in [2.45, 2.75) is 247 Å². The Hall–Kier alpha value is -14.7. The molecule has 1 rings (SSSR count). The summed E-state index contributed by atoms with van der Waals surface area (Å²) in [5, 5.41) is 134. The van der Waals surface area contributed by atoms with Gasteiger partial charge in [0.1, 0.15) is 78.5 Å². The van der Waals surface area contributed by atoms with E-state index in [2.05, 4.69) is 133 Å². The van der Waals surface area contributed by atoms with Crippen LogP contribution in [0.3, 0.4) is 0 Å². The van der Waals surface area contributed by atoms with Gasteiger partial charge in [-0.15, -0.1) is 0 Å². The number of rotatable bonds is 71. The van der Waals surface area contributed by atoms with E-state index in [0.717, 1.165) is 6.42 Å². The van der Waals surface area contributed by atoms with Crippen molar-refractivity contribution in [3.63, 3.8) is 0 Å². The summed E-state index contributed by atoms with van der Waals surface area (Å²) in [5.41, 5.74) is 55.5. The summed E-state index contributed by atoms with van der Waals surface area (Å²) in [5.74, 6) is -18.8. The maximum Gasteiger partial charge on any atom is 0.244 e. The number of primary amides is 1. The fourth-order valence-electron chi connectivity index (χ4n) is 13.5. The Morgan fingerprint density at radius 3 is 0.721 bits per heavy atom. The molecule has 54 N–H and O–H groups in total. The van der Waals surface area contributed by atoms with E-state index in [1.807, 2.05) is 13.8 Å². The summed E-state index contributed by atoms with van der Waals surface area (Å²) in [6.45, 7) is 5.07. The fourth-order valence-corrected chi connectivity index (χ4v) is 14.0. The lowest BCUT2D eigenvalue weighted by molar-refractivity contribution is -0.136. The van der Waals surface area contributed by atoms with Crippen LogP contribution in [0, 0.1) is 54.6 Å². The highest BCUT2D eigenvalue weighted by Crippen LogP contribution is 2.15. The van der Waals surface area contributed by atoms with Gasteiger partial charge in [0.2, 0.25) is 94.5 Å². The summed E-state index contributed by atoms with van der Waals surface area (Å²) in [7, 11) is 0. The molecule has 790 valence electrons. The van der Waals surface area contributed by atoms with Crippen molar-refractivity contribution < 1.29 is 76.7 Å². The molecule has 0 spiro atoms. The van der Waals surface area contributed by atoms with Crippen LogP contribution in [-0.4, -0.2) is 323 Å². The quantitative estimate of drug-likeness (QED) is 0.0153. The van der Waals surface area contributed by atoms with Gasteiger partial charge in [0.25, 0.3) is 0 Å². The van der Waals surface area contributed by atoms with Crippen LogP contribution in [0.15, 0.2) is 0 Å². The van der Waals surface area contributed by atoms with Gasteiger partial charge in [0, 0.05) is 64.7 Å². The molecule has 0 aromatic carbocycles. The van der Waals surface area contributed by atoms with Gasteiger partial charge < -0.3 is 190 Å². The Bertz CT molecular complexity index is 4170. The molecule has 1 saturated heterocycles. The van der Waals surface area contributed by atoms with Gasteiger partial charge in [-0.25, -0.2) is 0 Å². The molecule has 1 fully saturated rings. The molecule has 0 saturated carbocycles. The molecular weight excluding hydrogens is 1850 g/mol. The molecule has 0 aliphatic carbocycles. The van der Waals surface area contributed by atoms with Crippen molar-refractivity contribution in [2.24, 2.45) is 63.3 Å². The number of hydrogen-bond donors (Lipinski definition) is 44. The van der Waals surface area contributed by atoms with E-state index in [9.17, 15) is 57.5 Å². The van der Waals surface area contributed by atoms with Crippen molar-refractivity contribution >= 4 is 160 Å². The normalized spacial score (nSPS) is 14.6. The highest BCUT2D eigenvalue weighted by atomic mass is 32.2. The van der Waals surface area contributed by atoms with Crippen LogP contribution in [0.4, 0.5) is 0 Å². The van der Waals surface area contributed by atoms with Gasteiger partial charge in [-0.05, 0) is 167 Å². The lowest BCUT2D eigenvalue weighted by atomic mass is 10.0. The largest absolute Gasteiger partial charge is 0.370 e. The molecule has 1 unspecified atom stereocenters. The number of nitrogens with two attached hydrogens (primary N) is 10. The molecule has 0 bridgehead atoms. The summed E-state index contributed by atoms with van der Waals surface area (Å²) in [6, 6.07) is -19.7. The Labute approximate surface area is 815 Å². The molecule has 1 aliphatic rings.